The average Bonchev–Trinajstić information content (AvgIpc) is 3.33. The van der Waals surface area contributed by atoms with Gasteiger partial charge in [-0.05, 0) is 68.4 Å². The van der Waals surface area contributed by atoms with Crippen molar-refractivity contribution < 1.29 is 19.1 Å². The molecule has 0 spiro atoms. The smallest absolute Gasteiger partial charge is 0.234 e. The highest BCUT2D eigenvalue weighted by Gasteiger charge is 2.40. The van der Waals surface area contributed by atoms with Gasteiger partial charge >= 0.3 is 0 Å². The van der Waals surface area contributed by atoms with Crippen molar-refractivity contribution in [3.63, 3.8) is 0 Å². The van der Waals surface area contributed by atoms with Gasteiger partial charge in [0.15, 0.2) is 0 Å². The van der Waals surface area contributed by atoms with Gasteiger partial charge in [-0.25, -0.2) is 0 Å². The molecule has 0 aromatic heterocycles. The van der Waals surface area contributed by atoms with E-state index < -0.39 is 0 Å². The SMILES string of the molecule is CN1CCNC(=O)C1.COc1ccc(C2=NC(c3cccc(Cl)c3)C(c3ccc(Cl)cc3)N2C=O)c(OC(C)C)c1. The number of benzene rings is 3. The second-order valence-electron chi connectivity index (χ2n) is 10.1. The minimum Gasteiger partial charge on any atom is -0.497 e. The Morgan fingerprint density at radius 3 is 2.37 bits per heavy atom. The van der Waals surface area contributed by atoms with E-state index in [2.05, 4.69) is 5.32 Å². The summed E-state index contributed by atoms with van der Waals surface area (Å²) < 4.78 is 11.5. The summed E-state index contributed by atoms with van der Waals surface area (Å²) in [6.07, 6.45) is 0.741. The first kappa shape index (κ1) is 30.4. The standard InChI is InChI=1S/C26H24Cl2N2O3.C5H10N2O/c1-16(2)33-23-14-21(32-3)11-12-22(23)26-29-24(18-5-4-6-20(28)13-18)25(30(26)15-31)17-7-9-19(27)10-8-17;1-7-3-2-6-5(8)4-7/h4-16,24-25H,1-3H3;2-4H2,1H3,(H,6,8). The number of nitrogens with zero attached hydrogens (tertiary/aromatic N) is 3. The zero-order valence-corrected chi connectivity index (χ0v) is 25.0. The molecule has 1 saturated heterocycles. The first-order valence-corrected chi connectivity index (χ1v) is 14.1. The fourth-order valence-corrected chi connectivity index (χ4v) is 5.08. The van der Waals surface area contributed by atoms with Gasteiger partial charge in [-0.2, -0.15) is 0 Å². The van der Waals surface area contributed by atoms with E-state index in [1.54, 1.807) is 12.0 Å². The molecule has 3 aromatic carbocycles. The van der Waals surface area contributed by atoms with E-state index in [1.165, 1.54) is 0 Å². The molecule has 3 aromatic rings. The molecule has 2 aliphatic rings. The van der Waals surface area contributed by atoms with Crippen molar-refractivity contribution >= 4 is 41.4 Å². The van der Waals surface area contributed by atoms with Crippen molar-refractivity contribution in [1.82, 2.24) is 15.1 Å². The Bertz CT molecular complexity index is 1400. The van der Waals surface area contributed by atoms with Gasteiger partial charge in [-0.3, -0.25) is 24.4 Å². The molecule has 2 aliphatic heterocycles. The van der Waals surface area contributed by atoms with Gasteiger partial charge in [0.1, 0.15) is 23.4 Å². The molecular weight excluding hydrogens is 563 g/mol. The van der Waals surface area contributed by atoms with E-state index >= 15 is 0 Å². The van der Waals surface area contributed by atoms with Crippen LogP contribution in [0.25, 0.3) is 0 Å². The van der Waals surface area contributed by atoms with Gasteiger partial charge in [0.25, 0.3) is 0 Å². The van der Waals surface area contributed by atoms with Crippen LogP contribution in [-0.4, -0.2) is 67.8 Å². The number of rotatable bonds is 7. The first-order chi connectivity index (χ1) is 19.7. The third-order valence-electron chi connectivity index (χ3n) is 6.64. The number of hydrogen-bond donors (Lipinski definition) is 1. The van der Waals surface area contributed by atoms with Crippen molar-refractivity contribution in [1.29, 1.82) is 0 Å². The van der Waals surface area contributed by atoms with E-state index in [4.69, 9.17) is 37.7 Å². The summed E-state index contributed by atoms with van der Waals surface area (Å²) in [6.45, 7) is 6.23. The number of likely N-dealkylation sites (N-methyl/N-ethyl adjacent to an activating group) is 1. The predicted molar refractivity (Wildman–Crippen MR) is 162 cm³/mol. The summed E-state index contributed by atoms with van der Waals surface area (Å²) in [5.74, 6) is 1.91. The molecular formula is C31H34Cl2N4O4. The van der Waals surface area contributed by atoms with Crippen molar-refractivity contribution in [2.45, 2.75) is 32.0 Å². The molecule has 2 unspecified atom stereocenters. The van der Waals surface area contributed by atoms with E-state index in [9.17, 15) is 9.59 Å². The lowest BCUT2D eigenvalue weighted by Crippen LogP contribution is -2.45. The minimum atomic E-state index is -0.373. The van der Waals surface area contributed by atoms with Crippen LogP contribution in [0.1, 0.15) is 42.6 Å². The summed E-state index contributed by atoms with van der Waals surface area (Å²) in [6, 6.07) is 19.8. The van der Waals surface area contributed by atoms with Crippen LogP contribution in [0.3, 0.4) is 0 Å². The Labute approximate surface area is 250 Å². The van der Waals surface area contributed by atoms with Crippen LogP contribution < -0.4 is 14.8 Å². The van der Waals surface area contributed by atoms with Crippen LogP contribution in [0.5, 0.6) is 11.5 Å². The van der Waals surface area contributed by atoms with E-state index in [-0.39, 0.29) is 24.1 Å². The number of aliphatic imine (C=N–C) groups is 1. The molecule has 2 amide bonds. The van der Waals surface area contributed by atoms with Crippen molar-refractivity contribution in [2.75, 3.05) is 33.8 Å². The van der Waals surface area contributed by atoms with Crippen LogP contribution in [0.15, 0.2) is 71.7 Å². The Morgan fingerprint density at radius 1 is 1.02 bits per heavy atom. The molecule has 8 nitrogen and oxygen atoms in total. The van der Waals surface area contributed by atoms with Gasteiger partial charge < -0.3 is 14.8 Å². The molecule has 2 atom stereocenters. The van der Waals surface area contributed by atoms with Crippen LogP contribution in [0, 0.1) is 0 Å². The van der Waals surface area contributed by atoms with Crippen LogP contribution in [0.2, 0.25) is 10.0 Å². The molecule has 2 heterocycles. The Balaban J connectivity index is 0.000000417. The number of piperazine rings is 1. The van der Waals surface area contributed by atoms with Crippen LogP contribution >= 0.6 is 23.2 Å². The zero-order valence-electron chi connectivity index (χ0n) is 23.5. The highest BCUT2D eigenvalue weighted by Crippen LogP contribution is 2.44. The highest BCUT2D eigenvalue weighted by atomic mass is 35.5. The number of methoxy groups -OCH3 is 1. The van der Waals surface area contributed by atoms with Crippen LogP contribution in [-0.2, 0) is 9.59 Å². The van der Waals surface area contributed by atoms with Gasteiger partial charge in [-0.15, -0.1) is 0 Å². The monoisotopic (exact) mass is 596 g/mol. The predicted octanol–water partition coefficient (Wildman–Crippen LogP) is 5.54. The second kappa shape index (κ2) is 13.9. The number of halogens is 2. The third kappa shape index (κ3) is 7.58. The number of carbonyl (C=O) groups excluding carboxylic acids is 2. The molecule has 1 N–H and O–H groups in total. The number of amides is 2. The summed E-state index contributed by atoms with van der Waals surface area (Å²) in [4.78, 5) is 31.7. The van der Waals surface area contributed by atoms with Crippen molar-refractivity contribution in [3.05, 3.63) is 93.5 Å². The number of hydrogen-bond acceptors (Lipinski definition) is 6. The maximum Gasteiger partial charge on any atom is 0.234 e. The fourth-order valence-electron chi connectivity index (χ4n) is 4.76. The lowest BCUT2D eigenvalue weighted by Gasteiger charge is -2.27. The first-order valence-electron chi connectivity index (χ1n) is 13.3. The van der Waals surface area contributed by atoms with Crippen molar-refractivity contribution in [3.8, 4) is 11.5 Å². The minimum absolute atomic E-state index is 0.0710. The van der Waals surface area contributed by atoms with Crippen molar-refractivity contribution in [2.24, 2.45) is 4.99 Å². The molecule has 1 fully saturated rings. The molecule has 0 radical (unpaired) electrons. The molecule has 41 heavy (non-hydrogen) atoms. The molecule has 216 valence electrons. The van der Waals surface area contributed by atoms with Crippen LogP contribution in [0.4, 0.5) is 0 Å². The average molecular weight is 598 g/mol. The quantitative estimate of drug-likeness (QED) is 0.362. The zero-order chi connectivity index (χ0) is 29.5. The maximum absolute atomic E-state index is 12.5. The summed E-state index contributed by atoms with van der Waals surface area (Å²) in [7, 11) is 3.55. The largest absolute Gasteiger partial charge is 0.497 e. The lowest BCUT2D eigenvalue weighted by molar-refractivity contribution is -0.123. The summed E-state index contributed by atoms with van der Waals surface area (Å²) in [5.41, 5.74) is 2.53. The van der Waals surface area contributed by atoms with Gasteiger partial charge in [0, 0.05) is 29.2 Å². The molecule has 5 rings (SSSR count). The van der Waals surface area contributed by atoms with E-state index in [0.29, 0.717) is 39.5 Å². The fraction of sp³-hybridized carbons (Fsp3) is 0.323. The number of amidine groups is 1. The molecule has 0 bridgehead atoms. The Morgan fingerprint density at radius 2 is 1.78 bits per heavy atom. The Hall–Kier alpha value is -3.59. The second-order valence-corrected chi connectivity index (χ2v) is 11.0. The maximum atomic E-state index is 12.5. The van der Waals surface area contributed by atoms with E-state index in [1.807, 2.05) is 92.5 Å². The van der Waals surface area contributed by atoms with E-state index in [0.717, 1.165) is 30.6 Å². The number of carbonyl (C=O) groups is 2. The highest BCUT2D eigenvalue weighted by molar-refractivity contribution is 6.30. The molecule has 0 saturated carbocycles. The summed E-state index contributed by atoms with van der Waals surface area (Å²) in [5, 5.41) is 3.96. The third-order valence-corrected chi connectivity index (χ3v) is 7.13. The Kier molecular flexibility index (Phi) is 10.3. The molecule has 10 heteroatoms. The normalized spacial score (nSPS) is 18.8. The topological polar surface area (TPSA) is 83.5 Å². The number of ether oxygens (including phenoxy) is 2. The molecule has 0 aliphatic carbocycles. The summed E-state index contributed by atoms with van der Waals surface area (Å²) >= 11 is 12.4. The number of nitrogens with one attached hydrogen (secondary N) is 1. The van der Waals surface area contributed by atoms with Gasteiger partial charge in [-0.1, -0.05) is 47.5 Å². The lowest BCUT2D eigenvalue weighted by atomic mass is 9.94. The van der Waals surface area contributed by atoms with Gasteiger partial charge in [0.05, 0.1) is 31.4 Å². The van der Waals surface area contributed by atoms with Gasteiger partial charge in [0.2, 0.25) is 12.3 Å².